The van der Waals surface area contributed by atoms with Crippen molar-refractivity contribution < 1.29 is 51.9 Å². The van der Waals surface area contributed by atoms with Gasteiger partial charge in [-0.3, -0.25) is 18.2 Å². The van der Waals surface area contributed by atoms with Crippen molar-refractivity contribution >= 4 is 62.8 Å². The lowest BCUT2D eigenvalue weighted by molar-refractivity contribution is 0.478. The summed E-state index contributed by atoms with van der Waals surface area (Å²) in [7, 11) is -19.6. The molecule has 0 saturated heterocycles. The van der Waals surface area contributed by atoms with Gasteiger partial charge in [0, 0.05) is 5.39 Å². The van der Waals surface area contributed by atoms with Gasteiger partial charge in [-0.15, -0.1) is 0 Å². The molecule has 0 spiro atoms. The Morgan fingerprint density at radius 1 is 0.545 bits per heavy atom. The molecule has 3 rings (SSSR count). The van der Waals surface area contributed by atoms with Gasteiger partial charge in [0.2, 0.25) is 0 Å². The molecule has 3 aromatic carbocycles. The Morgan fingerprint density at radius 3 is 1.52 bits per heavy atom. The second-order valence-electron chi connectivity index (χ2n) is 6.49. The van der Waals surface area contributed by atoms with E-state index in [2.05, 4.69) is 0 Å². The first-order valence-electron chi connectivity index (χ1n) is 8.27. The second-order valence-corrected chi connectivity index (χ2v) is 12.0. The molecular formula is C16H13NO12S4. The summed E-state index contributed by atoms with van der Waals surface area (Å²) in [5.74, 6) is 0. The average molecular weight is 540 g/mol. The first kappa shape index (κ1) is 25.0. The average Bonchev–Trinajstić information content (AvgIpc) is 2.64. The summed E-state index contributed by atoms with van der Waals surface area (Å²) in [5.41, 5.74) is -0.677. The van der Waals surface area contributed by atoms with Crippen molar-refractivity contribution in [2.45, 2.75) is 14.7 Å². The molecule has 17 heteroatoms. The van der Waals surface area contributed by atoms with E-state index >= 15 is 0 Å². The Kier molecular flexibility index (Phi) is 6.05. The van der Waals surface area contributed by atoms with Crippen LogP contribution in [0.1, 0.15) is 0 Å². The lowest BCUT2D eigenvalue weighted by Gasteiger charge is -2.22. The van der Waals surface area contributed by atoms with Crippen LogP contribution in [-0.4, -0.2) is 51.9 Å². The highest BCUT2D eigenvalue weighted by Gasteiger charge is 2.25. The van der Waals surface area contributed by atoms with Crippen molar-refractivity contribution in [2.75, 3.05) is 4.31 Å². The highest BCUT2D eigenvalue weighted by atomic mass is 32.2. The number of hydrogen-bond acceptors (Lipinski definition) is 8. The fourth-order valence-electron chi connectivity index (χ4n) is 2.95. The second kappa shape index (κ2) is 7.99. The van der Waals surface area contributed by atoms with E-state index in [0.717, 1.165) is 48.5 Å². The molecule has 0 fully saturated rings. The lowest BCUT2D eigenvalue weighted by Crippen LogP contribution is -2.25. The van der Waals surface area contributed by atoms with E-state index in [1.165, 1.54) is 0 Å². The predicted octanol–water partition coefficient (Wildman–Crippen LogP) is 1.52. The first-order chi connectivity index (χ1) is 14.9. The van der Waals surface area contributed by atoms with Crippen molar-refractivity contribution in [2.24, 2.45) is 0 Å². The standard InChI is InChI=1S/C16H13NO12S4/c18-30(19,20)13-4-1-11(2-5-13)17(33(27,28)29)12-3-6-15-10(7-12)8-14(31(21,22)23)9-16(15)32(24,25)26/h1-9H,(H,18,19,20)(H,21,22,23)(H,24,25,26)(H,27,28,29). The van der Waals surface area contributed by atoms with Crippen LogP contribution >= 0.6 is 0 Å². The molecule has 0 aliphatic rings. The number of rotatable bonds is 6. The monoisotopic (exact) mass is 539 g/mol. The summed E-state index contributed by atoms with van der Waals surface area (Å²) < 4.78 is 131. The minimum atomic E-state index is -5.08. The predicted molar refractivity (Wildman–Crippen MR) is 114 cm³/mol. The summed E-state index contributed by atoms with van der Waals surface area (Å²) in [6.45, 7) is 0. The zero-order valence-corrected chi connectivity index (χ0v) is 19.1. The largest absolute Gasteiger partial charge is 0.364 e. The maximum absolute atomic E-state index is 12.0. The van der Waals surface area contributed by atoms with Crippen molar-refractivity contribution in [1.82, 2.24) is 0 Å². The number of hydrogen-bond donors (Lipinski definition) is 4. The third kappa shape index (κ3) is 5.31. The molecule has 0 atom stereocenters. The normalized spacial score (nSPS) is 13.2. The number of benzene rings is 3. The van der Waals surface area contributed by atoms with Crippen LogP contribution in [0.3, 0.4) is 0 Å². The molecule has 4 N–H and O–H groups in total. The van der Waals surface area contributed by atoms with Crippen LogP contribution in [-0.2, 0) is 40.7 Å². The van der Waals surface area contributed by atoms with E-state index in [1.54, 1.807) is 0 Å². The Labute approximate surface area is 188 Å². The highest BCUT2D eigenvalue weighted by molar-refractivity contribution is 7.87. The van der Waals surface area contributed by atoms with Gasteiger partial charge < -0.3 is 0 Å². The number of nitrogens with zero attached hydrogens (tertiary/aromatic N) is 1. The molecule has 0 amide bonds. The molecule has 0 aliphatic heterocycles. The fourth-order valence-corrected chi connectivity index (χ4v) is 5.56. The highest BCUT2D eigenvalue weighted by Crippen LogP contribution is 2.34. The van der Waals surface area contributed by atoms with Crippen LogP contribution in [0.4, 0.5) is 11.4 Å². The minimum absolute atomic E-state index is 0.245. The van der Waals surface area contributed by atoms with Crippen LogP contribution in [0.25, 0.3) is 10.8 Å². The molecule has 0 radical (unpaired) electrons. The van der Waals surface area contributed by atoms with Gasteiger partial charge >= 0.3 is 10.3 Å². The van der Waals surface area contributed by atoms with Gasteiger partial charge in [0.15, 0.2) is 0 Å². The summed E-state index contributed by atoms with van der Waals surface area (Å²) in [6.07, 6.45) is 0. The topological polar surface area (TPSA) is 221 Å². The molecule has 3 aromatic rings. The number of anilines is 2. The van der Waals surface area contributed by atoms with Gasteiger partial charge in [-0.25, -0.2) is 4.31 Å². The van der Waals surface area contributed by atoms with Crippen molar-refractivity contribution in [3.05, 3.63) is 54.6 Å². The molecular weight excluding hydrogens is 526 g/mol. The molecule has 0 unspecified atom stereocenters. The fraction of sp³-hybridized carbons (Fsp3) is 0. The van der Waals surface area contributed by atoms with Gasteiger partial charge in [-0.1, -0.05) is 6.07 Å². The molecule has 0 aliphatic carbocycles. The Bertz CT molecular complexity index is 1690. The van der Waals surface area contributed by atoms with Crippen LogP contribution < -0.4 is 4.31 Å². The third-order valence-corrected chi connectivity index (χ3v) is 7.76. The zero-order chi connectivity index (χ0) is 25.0. The van der Waals surface area contributed by atoms with E-state index in [0.29, 0.717) is 10.4 Å². The summed E-state index contributed by atoms with van der Waals surface area (Å²) in [5, 5.41) is -0.510. The van der Waals surface area contributed by atoms with Gasteiger partial charge in [0.25, 0.3) is 30.4 Å². The molecule has 0 aromatic heterocycles. The van der Waals surface area contributed by atoms with Gasteiger partial charge in [0.05, 0.1) is 21.2 Å². The van der Waals surface area contributed by atoms with E-state index in [9.17, 15) is 47.3 Å². The summed E-state index contributed by atoms with van der Waals surface area (Å²) in [4.78, 5) is -2.39. The van der Waals surface area contributed by atoms with E-state index < -0.39 is 55.3 Å². The van der Waals surface area contributed by atoms with E-state index in [-0.39, 0.29) is 22.1 Å². The first-order valence-corrected chi connectivity index (χ1v) is 14.0. The van der Waals surface area contributed by atoms with Gasteiger partial charge in [0.1, 0.15) is 4.90 Å². The van der Waals surface area contributed by atoms with Crippen LogP contribution in [0.2, 0.25) is 0 Å². The SMILES string of the molecule is O=S(=O)(O)c1ccc(N(c2ccc3c(S(=O)(=O)O)cc(S(=O)(=O)O)cc3c2)S(=O)(=O)O)cc1. The third-order valence-electron chi connectivity index (χ3n) is 4.28. The summed E-state index contributed by atoms with van der Waals surface area (Å²) >= 11 is 0. The quantitative estimate of drug-likeness (QED) is 0.327. The van der Waals surface area contributed by atoms with Crippen LogP contribution in [0, 0.1) is 0 Å². The van der Waals surface area contributed by atoms with Gasteiger partial charge in [-0.05, 0) is 53.9 Å². The zero-order valence-electron chi connectivity index (χ0n) is 15.8. The van der Waals surface area contributed by atoms with Crippen molar-refractivity contribution in [3.63, 3.8) is 0 Å². The Balaban J connectivity index is 2.32. The minimum Gasteiger partial charge on any atom is -0.282 e. The van der Waals surface area contributed by atoms with Gasteiger partial charge in [-0.2, -0.15) is 33.7 Å². The van der Waals surface area contributed by atoms with Crippen LogP contribution in [0.15, 0.2) is 69.3 Å². The molecule has 0 bridgehead atoms. The molecule has 0 heterocycles. The number of fused-ring (bicyclic) bond motifs is 1. The summed E-state index contributed by atoms with van der Waals surface area (Å²) in [6, 6.07) is 7.80. The smallest absolute Gasteiger partial charge is 0.282 e. The van der Waals surface area contributed by atoms with E-state index in [4.69, 9.17) is 4.55 Å². The van der Waals surface area contributed by atoms with Crippen LogP contribution in [0.5, 0.6) is 0 Å². The molecule has 33 heavy (non-hydrogen) atoms. The lowest BCUT2D eigenvalue weighted by atomic mass is 10.1. The van der Waals surface area contributed by atoms with Crippen molar-refractivity contribution in [1.29, 1.82) is 0 Å². The maximum Gasteiger partial charge on any atom is 0.364 e. The Hall–Kier alpha value is -2.64. The van der Waals surface area contributed by atoms with Crippen molar-refractivity contribution in [3.8, 4) is 0 Å². The molecule has 178 valence electrons. The molecule has 13 nitrogen and oxygen atoms in total. The molecule has 0 saturated carbocycles. The maximum atomic E-state index is 12.0. The Morgan fingerprint density at radius 2 is 1.06 bits per heavy atom. The van der Waals surface area contributed by atoms with E-state index in [1.807, 2.05) is 0 Å².